The number of carbonyl (C=O) groups excluding carboxylic acids is 1. The molecule has 4 rings (SSSR count). The molecule has 5 nitrogen and oxygen atoms in total. The predicted octanol–water partition coefficient (Wildman–Crippen LogP) is 5.84. The summed E-state index contributed by atoms with van der Waals surface area (Å²) >= 11 is 7.31. The molecule has 0 atom stereocenters. The van der Waals surface area contributed by atoms with E-state index in [1.165, 1.54) is 11.5 Å². The molecule has 3 aromatic carbocycles. The number of benzene rings is 3. The largest absolute Gasteiger partial charge is 0.382 e. The first-order chi connectivity index (χ1) is 13.1. The Kier molecular flexibility index (Phi) is 4.66. The van der Waals surface area contributed by atoms with Crippen LogP contribution in [0.3, 0.4) is 0 Å². The highest BCUT2D eigenvalue weighted by atomic mass is 35.5. The van der Waals surface area contributed by atoms with Crippen LogP contribution in [0.4, 0.5) is 22.0 Å². The van der Waals surface area contributed by atoms with Crippen molar-refractivity contribution < 1.29 is 4.79 Å². The van der Waals surface area contributed by atoms with E-state index < -0.39 is 0 Å². The van der Waals surface area contributed by atoms with Gasteiger partial charge in [-0.05, 0) is 59.1 Å². The third-order valence-electron chi connectivity index (χ3n) is 4.06. The minimum Gasteiger partial charge on any atom is -0.382 e. The maximum absolute atomic E-state index is 12.1. The Morgan fingerprint density at radius 2 is 1.70 bits per heavy atom. The van der Waals surface area contributed by atoms with Crippen LogP contribution in [0.1, 0.15) is 0 Å². The Balaban J connectivity index is 1.52. The number of hydrogen-bond acceptors (Lipinski definition) is 4. The summed E-state index contributed by atoms with van der Waals surface area (Å²) in [5.74, 6) is 0.536. The molecule has 1 aromatic heterocycles. The Morgan fingerprint density at radius 3 is 2.48 bits per heavy atom. The van der Waals surface area contributed by atoms with E-state index in [4.69, 9.17) is 17.3 Å². The first-order valence-corrected chi connectivity index (χ1v) is 9.33. The summed E-state index contributed by atoms with van der Waals surface area (Å²) in [6.45, 7) is 0. The zero-order valence-electron chi connectivity index (χ0n) is 14.1. The Bertz CT molecular complexity index is 1120. The van der Waals surface area contributed by atoms with Crippen molar-refractivity contribution in [1.82, 2.24) is 4.37 Å². The van der Waals surface area contributed by atoms with Gasteiger partial charge in [0, 0.05) is 21.8 Å². The summed E-state index contributed by atoms with van der Waals surface area (Å²) in [4.78, 5) is 12.1. The standard InChI is InChI=1S/C20H15ClN4OS/c21-13-3-1-4-15(11-13)24-20(26)23-14-9-7-12(8-10-14)16-5-2-6-17-18(16)19(22)25-27-17/h1-11H,(H2,22,25)(H2,23,24,26). The number of nitrogens with zero attached hydrogens (tertiary/aromatic N) is 1. The van der Waals surface area contributed by atoms with E-state index in [2.05, 4.69) is 15.0 Å². The molecule has 1 heterocycles. The molecule has 0 bridgehead atoms. The maximum Gasteiger partial charge on any atom is 0.323 e. The highest BCUT2D eigenvalue weighted by molar-refractivity contribution is 7.13. The normalized spacial score (nSPS) is 10.7. The second kappa shape index (κ2) is 7.26. The van der Waals surface area contributed by atoms with Crippen molar-refractivity contribution in [3.05, 3.63) is 71.8 Å². The minimum atomic E-state index is -0.335. The first-order valence-electron chi connectivity index (χ1n) is 8.18. The first kappa shape index (κ1) is 17.3. The van der Waals surface area contributed by atoms with Crippen molar-refractivity contribution in [3.8, 4) is 11.1 Å². The predicted molar refractivity (Wildman–Crippen MR) is 114 cm³/mol. The van der Waals surface area contributed by atoms with Crippen LogP contribution in [0.5, 0.6) is 0 Å². The number of anilines is 3. The maximum atomic E-state index is 12.1. The minimum absolute atomic E-state index is 0.335. The summed E-state index contributed by atoms with van der Waals surface area (Å²) in [5.41, 5.74) is 9.36. The van der Waals surface area contributed by atoms with Crippen molar-refractivity contribution >= 4 is 56.4 Å². The lowest BCUT2D eigenvalue weighted by Crippen LogP contribution is -2.19. The molecule has 0 spiro atoms. The lowest BCUT2D eigenvalue weighted by molar-refractivity contribution is 0.262. The van der Waals surface area contributed by atoms with E-state index >= 15 is 0 Å². The number of nitrogens with one attached hydrogen (secondary N) is 2. The Morgan fingerprint density at radius 1 is 0.963 bits per heavy atom. The molecule has 0 radical (unpaired) electrons. The van der Waals surface area contributed by atoms with Gasteiger partial charge in [-0.15, -0.1) is 0 Å². The van der Waals surface area contributed by atoms with Gasteiger partial charge in [0.1, 0.15) is 5.82 Å². The number of rotatable bonds is 3. The third kappa shape index (κ3) is 3.72. The van der Waals surface area contributed by atoms with Gasteiger partial charge in [-0.1, -0.05) is 41.9 Å². The van der Waals surface area contributed by atoms with Gasteiger partial charge in [0.05, 0.1) is 4.70 Å². The molecular weight excluding hydrogens is 380 g/mol. The second-order valence-corrected chi connectivity index (χ2v) is 7.15. The molecule has 0 saturated heterocycles. The van der Waals surface area contributed by atoms with Crippen LogP contribution in [-0.2, 0) is 0 Å². The van der Waals surface area contributed by atoms with Gasteiger partial charge >= 0.3 is 6.03 Å². The Hall–Kier alpha value is -3.09. The topological polar surface area (TPSA) is 80.0 Å². The van der Waals surface area contributed by atoms with Crippen LogP contribution < -0.4 is 16.4 Å². The summed E-state index contributed by atoms with van der Waals surface area (Å²) < 4.78 is 5.28. The lowest BCUT2D eigenvalue weighted by atomic mass is 10.0. The number of aromatic nitrogens is 1. The lowest BCUT2D eigenvalue weighted by Gasteiger charge is -2.09. The molecule has 0 saturated carbocycles. The summed E-state index contributed by atoms with van der Waals surface area (Å²) in [7, 11) is 0. The smallest absolute Gasteiger partial charge is 0.323 e. The molecular formula is C20H15ClN4OS. The molecule has 0 aliphatic rings. The van der Waals surface area contributed by atoms with Gasteiger partial charge in [0.2, 0.25) is 0 Å². The van der Waals surface area contributed by atoms with Crippen LogP contribution in [0.2, 0.25) is 5.02 Å². The summed E-state index contributed by atoms with van der Waals surface area (Å²) in [6, 6.07) is 20.2. The highest BCUT2D eigenvalue weighted by Crippen LogP contribution is 2.34. The fourth-order valence-electron chi connectivity index (χ4n) is 2.85. The summed E-state index contributed by atoms with van der Waals surface area (Å²) in [5, 5.41) is 7.08. The zero-order valence-corrected chi connectivity index (χ0v) is 15.6. The SMILES string of the molecule is Nc1nsc2cccc(-c3ccc(NC(=O)Nc4cccc(Cl)c4)cc3)c12. The van der Waals surface area contributed by atoms with Crippen LogP contribution >= 0.6 is 23.1 Å². The van der Waals surface area contributed by atoms with E-state index in [0.717, 1.165) is 21.2 Å². The van der Waals surface area contributed by atoms with E-state index in [-0.39, 0.29) is 6.03 Å². The van der Waals surface area contributed by atoms with E-state index in [9.17, 15) is 4.79 Å². The average molecular weight is 395 g/mol. The number of hydrogen-bond donors (Lipinski definition) is 3. The van der Waals surface area contributed by atoms with Crippen LogP contribution in [0.15, 0.2) is 66.7 Å². The van der Waals surface area contributed by atoms with Crippen molar-refractivity contribution in [2.24, 2.45) is 0 Å². The average Bonchev–Trinajstić information content (AvgIpc) is 3.04. The van der Waals surface area contributed by atoms with Crippen molar-refractivity contribution in [2.75, 3.05) is 16.4 Å². The molecule has 134 valence electrons. The molecule has 7 heteroatoms. The number of nitrogen functional groups attached to an aromatic ring is 1. The molecule has 0 aliphatic heterocycles. The molecule has 4 aromatic rings. The van der Waals surface area contributed by atoms with Crippen LogP contribution in [0, 0.1) is 0 Å². The number of amides is 2. The van der Waals surface area contributed by atoms with Crippen molar-refractivity contribution in [1.29, 1.82) is 0 Å². The second-order valence-electron chi connectivity index (χ2n) is 5.91. The molecule has 0 fully saturated rings. The fourth-order valence-corrected chi connectivity index (χ4v) is 3.77. The van der Waals surface area contributed by atoms with Crippen molar-refractivity contribution in [3.63, 3.8) is 0 Å². The quantitative estimate of drug-likeness (QED) is 0.408. The molecule has 4 N–H and O–H groups in total. The number of fused-ring (bicyclic) bond motifs is 1. The number of carbonyl (C=O) groups is 1. The Labute approximate surface area is 164 Å². The monoisotopic (exact) mass is 394 g/mol. The van der Waals surface area contributed by atoms with Gasteiger partial charge in [0.15, 0.2) is 0 Å². The molecule has 27 heavy (non-hydrogen) atoms. The summed E-state index contributed by atoms with van der Waals surface area (Å²) in [6.07, 6.45) is 0. The zero-order chi connectivity index (χ0) is 18.8. The molecule has 2 amide bonds. The fraction of sp³-hybridized carbons (Fsp3) is 0. The molecule has 0 unspecified atom stereocenters. The number of urea groups is 1. The van der Waals surface area contributed by atoms with Gasteiger partial charge in [0.25, 0.3) is 0 Å². The van der Waals surface area contributed by atoms with Gasteiger partial charge in [-0.25, -0.2) is 4.79 Å². The van der Waals surface area contributed by atoms with E-state index in [1.807, 2.05) is 42.5 Å². The van der Waals surface area contributed by atoms with Gasteiger partial charge in [-0.3, -0.25) is 0 Å². The van der Waals surface area contributed by atoms with E-state index in [0.29, 0.717) is 22.2 Å². The van der Waals surface area contributed by atoms with Crippen LogP contribution in [0.25, 0.3) is 21.2 Å². The van der Waals surface area contributed by atoms with Gasteiger partial charge in [-0.2, -0.15) is 4.37 Å². The van der Waals surface area contributed by atoms with Crippen molar-refractivity contribution in [2.45, 2.75) is 0 Å². The molecule has 0 aliphatic carbocycles. The third-order valence-corrected chi connectivity index (χ3v) is 5.12. The van der Waals surface area contributed by atoms with Gasteiger partial charge < -0.3 is 16.4 Å². The van der Waals surface area contributed by atoms with Crippen LogP contribution in [-0.4, -0.2) is 10.4 Å². The number of halogens is 1. The number of nitrogens with two attached hydrogens (primary N) is 1. The highest BCUT2D eigenvalue weighted by Gasteiger charge is 2.10. The van der Waals surface area contributed by atoms with E-state index in [1.54, 1.807) is 24.3 Å².